The van der Waals surface area contributed by atoms with Crippen LogP contribution < -0.4 is 9.64 Å². The third-order valence-corrected chi connectivity index (χ3v) is 7.03. The van der Waals surface area contributed by atoms with Crippen molar-refractivity contribution in [1.82, 2.24) is 9.88 Å². The van der Waals surface area contributed by atoms with Crippen LogP contribution in [0.15, 0.2) is 36.4 Å². The Labute approximate surface area is 188 Å². The van der Waals surface area contributed by atoms with Crippen molar-refractivity contribution in [2.75, 3.05) is 37.7 Å². The van der Waals surface area contributed by atoms with Gasteiger partial charge in [-0.05, 0) is 67.8 Å². The number of carbonyl (C=O) groups is 1. The van der Waals surface area contributed by atoms with E-state index in [1.54, 1.807) is 11.3 Å². The van der Waals surface area contributed by atoms with Crippen LogP contribution in [0.25, 0.3) is 10.2 Å². The molecular weight excluding hydrogens is 406 g/mol. The molecule has 2 heterocycles. The van der Waals surface area contributed by atoms with Gasteiger partial charge in [0.2, 0.25) is 0 Å². The van der Waals surface area contributed by atoms with Crippen molar-refractivity contribution in [2.24, 2.45) is 0 Å². The Hall–Kier alpha value is -2.60. The zero-order valence-corrected chi connectivity index (χ0v) is 19.5. The zero-order chi connectivity index (χ0) is 21.8. The largest absolute Gasteiger partial charge is 0.494 e. The molecule has 31 heavy (non-hydrogen) atoms. The highest BCUT2D eigenvalue weighted by Gasteiger charge is 2.24. The van der Waals surface area contributed by atoms with E-state index in [1.165, 1.54) is 28.7 Å². The van der Waals surface area contributed by atoms with Gasteiger partial charge in [-0.1, -0.05) is 31.1 Å². The second-order valence-electron chi connectivity index (χ2n) is 8.26. The number of hydrogen-bond donors (Lipinski definition) is 0. The van der Waals surface area contributed by atoms with Crippen LogP contribution in [0.2, 0.25) is 0 Å². The van der Waals surface area contributed by atoms with E-state index >= 15 is 0 Å². The highest BCUT2D eigenvalue weighted by molar-refractivity contribution is 7.22. The molecule has 3 aromatic rings. The summed E-state index contributed by atoms with van der Waals surface area (Å²) in [6.07, 6.45) is 3.43. The number of carbonyl (C=O) groups excluding carboxylic acids is 1. The topological polar surface area (TPSA) is 45.7 Å². The number of anilines is 1. The van der Waals surface area contributed by atoms with E-state index in [1.807, 2.05) is 29.2 Å². The molecule has 0 radical (unpaired) electrons. The maximum Gasteiger partial charge on any atom is 0.253 e. The number of aromatic nitrogens is 1. The molecule has 1 amide bonds. The molecule has 0 saturated carbocycles. The molecular formula is C25H31N3O2S. The minimum absolute atomic E-state index is 0.0905. The Balaban J connectivity index is 1.33. The van der Waals surface area contributed by atoms with E-state index in [2.05, 4.69) is 37.8 Å². The maximum atomic E-state index is 12.9. The van der Waals surface area contributed by atoms with E-state index in [-0.39, 0.29) is 5.91 Å². The van der Waals surface area contributed by atoms with Gasteiger partial charge in [0.05, 0.1) is 16.8 Å². The second kappa shape index (κ2) is 9.69. The van der Waals surface area contributed by atoms with Gasteiger partial charge in [-0.3, -0.25) is 4.79 Å². The van der Waals surface area contributed by atoms with E-state index in [9.17, 15) is 4.79 Å². The zero-order valence-electron chi connectivity index (χ0n) is 18.7. The quantitative estimate of drug-likeness (QED) is 0.462. The number of fused-ring (bicyclic) bond motifs is 1. The number of ether oxygens (including phenoxy) is 1. The van der Waals surface area contributed by atoms with Gasteiger partial charge in [-0.15, -0.1) is 0 Å². The van der Waals surface area contributed by atoms with Crippen LogP contribution in [-0.2, 0) is 0 Å². The monoisotopic (exact) mass is 437 g/mol. The maximum absolute atomic E-state index is 12.9. The minimum atomic E-state index is 0.0905. The van der Waals surface area contributed by atoms with Crippen molar-refractivity contribution in [3.63, 3.8) is 0 Å². The summed E-state index contributed by atoms with van der Waals surface area (Å²) in [6, 6.07) is 12.0. The van der Waals surface area contributed by atoms with Gasteiger partial charge in [0.25, 0.3) is 5.91 Å². The molecule has 5 nitrogen and oxygen atoms in total. The number of piperazine rings is 1. The molecule has 6 heteroatoms. The molecule has 0 N–H and O–H groups in total. The van der Waals surface area contributed by atoms with Gasteiger partial charge in [0.15, 0.2) is 5.13 Å². The average molecular weight is 438 g/mol. The number of hydrogen-bond acceptors (Lipinski definition) is 5. The molecule has 4 rings (SSSR count). The molecule has 2 aromatic carbocycles. The van der Waals surface area contributed by atoms with Crippen LogP contribution in [0.4, 0.5) is 5.13 Å². The summed E-state index contributed by atoms with van der Waals surface area (Å²) in [7, 11) is 0. The lowest BCUT2D eigenvalue weighted by atomic mass is 10.1. The Morgan fingerprint density at radius 3 is 2.45 bits per heavy atom. The third-order valence-electron chi connectivity index (χ3n) is 5.95. The van der Waals surface area contributed by atoms with Crippen LogP contribution >= 0.6 is 11.3 Å². The first-order valence-electron chi connectivity index (χ1n) is 11.2. The standard InChI is InChI=1S/C25H31N3O2S/c1-4-5-6-15-30-21-9-7-20(8-10-21)24(29)27-11-13-28(14-12-27)25-26-22-16-18(2)19(3)17-23(22)31-25/h7-10,16-17H,4-6,11-15H2,1-3H3. The Morgan fingerprint density at radius 1 is 1.03 bits per heavy atom. The second-order valence-corrected chi connectivity index (χ2v) is 9.27. The van der Waals surface area contributed by atoms with Gasteiger partial charge in [-0.25, -0.2) is 4.98 Å². The average Bonchev–Trinajstić information content (AvgIpc) is 3.20. The lowest BCUT2D eigenvalue weighted by Gasteiger charge is -2.34. The number of benzene rings is 2. The molecule has 1 aliphatic rings. The summed E-state index contributed by atoms with van der Waals surface area (Å²) in [5.41, 5.74) is 4.37. The number of unbranched alkanes of at least 4 members (excludes halogenated alkanes) is 2. The van der Waals surface area contributed by atoms with Crippen LogP contribution in [-0.4, -0.2) is 48.6 Å². The SMILES string of the molecule is CCCCCOc1ccc(C(=O)N2CCN(c3nc4cc(C)c(C)cc4s3)CC2)cc1. The van der Waals surface area contributed by atoms with Crippen molar-refractivity contribution in [3.8, 4) is 5.75 Å². The lowest BCUT2D eigenvalue weighted by molar-refractivity contribution is 0.0746. The molecule has 1 aromatic heterocycles. The van der Waals surface area contributed by atoms with Crippen LogP contribution in [0, 0.1) is 13.8 Å². The fraction of sp³-hybridized carbons (Fsp3) is 0.440. The summed E-state index contributed by atoms with van der Waals surface area (Å²) < 4.78 is 6.98. The van der Waals surface area contributed by atoms with Crippen molar-refractivity contribution in [3.05, 3.63) is 53.1 Å². The van der Waals surface area contributed by atoms with Gasteiger partial charge in [0, 0.05) is 31.7 Å². The molecule has 1 aliphatic heterocycles. The molecule has 164 valence electrons. The van der Waals surface area contributed by atoms with Crippen molar-refractivity contribution < 1.29 is 9.53 Å². The highest BCUT2D eigenvalue weighted by Crippen LogP contribution is 2.31. The summed E-state index contributed by atoms with van der Waals surface area (Å²) in [5, 5.41) is 1.05. The number of amides is 1. The Bertz CT molecular complexity index is 998. The first-order chi connectivity index (χ1) is 15.0. The molecule has 0 aliphatic carbocycles. The fourth-order valence-electron chi connectivity index (χ4n) is 3.82. The molecule has 1 saturated heterocycles. The van der Waals surface area contributed by atoms with E-state index in [4.69, 9.17) is 9.72 Å². The smallest absolute Gasteiger partial charge is 0.253 e. The number of rotatable bonds is 7. The number of nitrogens with zero attached hydrogens (tertiary/aromatic N) is 3. The molecule has 1 fully saturated rings. The minimum Gasteiger partial charge on any atom is -0.494 e. The first kappa shape index (κ1) is 21.6. The third kappa shape index (κ3) is 5.01. The Morgan fingerprint density at radius 2 is 1.74 bits per heavy atom. The van der Waals surface area contributed by atoms with Crippen LogP contribution in [0.1, 0.15) is 47.7 Å². The molecule has 0 atom stereocenters. The summed E-state index contributed by atoms with van der Waals surface area (Å²) in [5.74, 6) is 0.923. The van der Waals surface area contributed by atoms with E-state index in [0.717, 1.165) is 48.1 Å². The fourth-order valence-corrected chi connectivity index (χ4v) is 4.92. The first-order valence-corrected chi connectivity index (χ1v) is 12.0. The van der Waals surface area contributed by atoms with Gasteiger partial charge < -0.3 is 14.5 Å². The van der Waals surface area contributed by atoms with Gasteiger partial charge >= 0.3 is 0 Å². The van der Waals surface area contributed by atoms with Gasteiger partial charge in [0.1, 0.15) is 5.75 Å². The van der Waals surface area contributed by atoms with Crippen LogP contribution in [0.5, 0.6) is 5.75 Å². The predicted octanol–water partition coefficient (Wildman–Crippen LogP) is 5.44. The molecule has 0 bridgehead atoms. The molecule has 0 unspecified atom stereocenters. The normalized spacial score (nSPS) is 14.3. The van der Waals surface area contributed by atoms with Crippen molar-refractivity contribution in [1.29, 1.82) is 0 Å². The lowest BCUT2D eigenvalue weighted by Crippen LogP contribution is -2.48. The molecule has 0 spiro atoms. The predicted molar refractivity (Wildman–Crippen MR) is 129 cm³/mol. The Kier molecular flexibility index (Phi) is 6.76. The summed E-state index contributed by atoms with van der Waals surface area (Å²) >= 11 is 1.74. The van der Waals surface area contributed by atoms with Crippen molar-refractivity contribution in [2.45, 2.75) is 40.0 Å². The summed E-state index contributed by atoms with van der Waals surface area (Å²) in [4.78, 5) is 22.0. The highest BCUT2D eigenvalue weighted by atomic mass is 32.1. The van der Waals surface area contributed by atoms with E-state index < -0.39 is 0 Å². The number of thiazole rings is 1. The summed E-state index contributed by atoms with van der Waals surface area (Å²) in [6.45, 7) is 10.2. The van der Waals surface area contributed by atoms with Crippen LogP contribution in [0.3, 0.4) is 0 Å². The van der Waals surface area contributed by atoms with Crippen molar-refractivity contribution >= 4 is 32.6 Å². The number of aryl methyl sites for hydroxylation is 2. The van der Waals surface area contributed by atoms with Gasteiger partial charge in [-0.2, -0.15) is 0 Å². The van der Waals surface area contributed by atoms with E-state index in [0.29, 0.717) is 13.1 Å².